The van der Waals surface area contributed by atoms with Gasteiger partial charge in [0.05, 0.1) is 0 Å². The van der Waals surface area contributed by atoms with Crippen LogP contribution in [0.4, 0.5) is 0 Å². The smallest absolute Gasteiger partial charge is 0.550 e. The number of H-pyrrole nitrogens is 1. The van der Waals surface area contributed by atoms with E-state index in [2.05, 4.69) is 4.98 Å². The molecule has 0 aliphatic heterocycles. The summed E-state index contributed by atoms with van der Waals surface area (Å²) in [6.45, 7) is 0. The SMILES string of the molecule is O=C([O-])Cc1ccc[nH]c1=O.[Na+]. The third kappa shape index (κ3) is 3.21. The van der Waals surface area contributed by atoms with E-state index in [9.17, 15) is 14.7 Å². The number of pyridine rings is 1. The Bertz CT molecular complexity index is 320. The van der Waals surface area contributed by atoms with Gasteiger partial charge in [0, 0.05) is 24.2 Å². The molecule has 1 aromatic heterocycles. The molecule has 4 nitrogen and oxygen atoms in total. The van der Waals surface area contributed by atoms with Gasteiger partial charge in [0.25, 0.3) is 5.56 Å². The maximum atomic E-state index is 10.8. The monoisotopic (exact) mass is 175 g/mol. The van der Waals surface area contributed by atoms with Crippen LogP contribution in [-0.4, -0.2) is 11.0 Å². The van der Waals surface area contributed by atoms with Crippen molar-refractivity contribution in [3.05, 3.63) is 34.2 Å². The van der Waals surface area contributed by atoms with Crippen LogP contribution in [0.5, 0.6) is 0 Å². The van der Waals surface area contributed by atoms with Crippen molar-refractivity contribution < 1.29 is 39.5 Å². The number of hydrogen-bond acceptors (Lipinski definition) is 3. The molecule has 0 aliphatic carbocycles. The summed E-state index contributed by atoms with van der Waals surface area (Å²) < 4.78 is 0. The molecule has 0 spiro atoms. The van der Waals surface area contributed by atoms with Gasteiger partial charge in [0.15, 0.2) is 0 Å². The van der Waals surface area contributed by atoms with Crippen LogP contribution in [0.25, 0.3) is 0 Å². The summed E-state index contributed by atoms with van der Waals surface area (Å²) in [6, 6.07) is 3.02. The molecular formula is C7H6NNaO3. The topological polar surface area (TPSA) is 73.0 Å². The second-order valence-corrected chi connectivity index (χ2v) is 2.07. The number of carbonyl (C=O) groups is 1. The summed E-state index contributed by atoms with van der Waals surface area (Å²) in [5.41, 5.74) is -0.163. The Labute approximate surface area is 90.9 Å². The molecule has 0 unspecified atom stereocenters. The third-order valence-corrected chi connectivity index (χ3v) is 1.23. The van der Waals surface area contributed by atoms with E-state index in [4.69, 9.17) is 0 Å². The van der Waals surface area contributed by atoms with Crippen molar-refractivity contribution in [3.63, 3.8) is 0 Å². The maximum absolute atomic E-state index is 10.8. The van der Waals surface area contributed by atoms with Gasteiger partial charge >= 0.3 is 29.6 Å². The number of aromatic amines is 1. The first kappa shape index (κ1) is 11.4. The average Bonchev–Trinajstić information content (AvgIpc) is 1.93. The quantitative estimate of drug-likeness (QED) is 0.462. The number of carbonyl (C=O) groups excluding carboxylic acids is 1. The summed E-state index contributed by atoms with van der Waals surface area (Å²) in [5.74, 6) is -1.25. The predicted octanol–water partition coefficient (Wildman–Crippen LogP) is -4.33. The molecule has 5 heteroatoms. The molecule has 1 N–H and O–H groups in total. The van der Waals surface area contributed by atoms with Crippen LogP contribution in [0, 0.1) is 0 Å². The zero-order valence-corrected chi connectivity index (χ0v) is 8.66. The second-order valence-electron chi connectivity index (χ2n) is 2.07. The van der Waals surface area contributed by atoms with Crippen molar-refractivity contribution in [2.75, 3.05) is 0 Å². The minimum atomic E-state index is -1.25. The van der Waals surface area contributed by atoms with Gasteiger partial charge in [-0.1, -0.05) is 6.07 Å². The van der Waals surface area contributed by atoms with E-state index in [0.29, 0.717) is 0 Å². The van der Waals surface area contributed by atoms with Crippen molar-refractivity contribution in [2.24, 2.45) is 0 Å². The van der Waals surface area contributed by atoms with E-state index in [1.807, 2.05) is 0 Å². The van der Waals surface area contributed by atoms with E-state index in [-0.39, 0.29) is 47.1 Å². The minimum Gasteiger partial charge on any atom is -0.550 e. The Morgan fingerprint density at radius 2 is 2.25 bits per heavy atom. The zero-order chi connectivity index (χ0) is 8.27. The summed E-state index contributed by atoms with van der Waals surface area (Å²) in [5, 5.41) is 10.1. The zero-order valence-electron chi connectivity index (χ0n) is 6.66. The largest absolute Gasteiger partial charge is 1.00 e. The van der Waals surface area contributed by atoms with Crippen molar-refractivity contribution in [3.8, 4) is 0 Å². The fraction of sp³-hybridized carbons (Fsp3) is 0.143. The van der Waals surface area contributed by atoms with Crippen molar-refractivity contribution in [1.29, 1.82) is 0 Å². The van der Waals surface area contributed by atoms with Crippen LogP contribution in [0.15, 0.2) is 23.1 Å². The van der Waals surface area contributed by atoms with E-state index in [1.54, 1.807) is 6.07 Å². The first-order valence-electron chi connectivity index (χ1n) is 3.06. The van der Waals surface area contributed by atoms with Crippen LogP contribution in [0.2, 0.25) is 0 Å². The van der Waals surface area contributed by atoms with Crippen LogP contribution in [0.3, 0.4) is 0 Å². The van der Waals surface area contributed by atoms with E-state index in [1.165, 1.54) is 12.3 Å². The Morgan fingerprint density at radius 1 is 1.58 bits per heavy atom. The number of rotatable bonds is 2. The van der Waals surface area contributed by atoms with Crippen LogP contribution in [-0.2, 0) is 11.2 Å². The number of carboxylic acids is 1. The van der Waals surface area contributed by atoms with Gasteiger partial charge in [-0.15, -0.1) is 0 Å². The standard InChI is InChI=1S/C7H7NO3.Na/c9-6(10)4-5-2-1-3-8-7(5)11;/h1-3H,4H2,(H,8,11)(H,9,10);/q;+1/p-1. The molecule has 0 aromatic carbocycles. The Morgan fingerprint density at radius 3 is 2.75 bits per heavy atom. The normalized spacial score (nSPS) is 8.67. The Balaban J connectivity index is 0.00000121. The molecule has 0 saturated heterocycles. The molecule has 0 fully saturated rings. The molecular weight excluding hydrogens is 169 g/mol. The fourth-order valence-electron chi connectivity index (χ4n) is 0.751. The summed E-state index contributed by atoms with van der Waals surface area (Å²) >= 11 is 0. The molecule has 1 rings (SSSR count). The second kappa shape index (κ2) is 5.13. The molecule has 0 amide bonds. The van der Waals surface area contributed by atoms with Gasteiger partial charge in [-0.2, -0.15) is 0 Å². The van der Waals surface area contributed by atoms with Gasteiger partial charge < -0.3 is 14.9 Å². The molecule has 0 bridgehead atoms. The molecule has 12 heavy (non-hydrogen) atoms. The van der Waals surface area contributed by atoms with E-state index < -0.39 is 5.97 Å². The first-order chi connectivity index (χ1) is 5.20. The molecule has 1 aromatic rings. The minimum absolute atomic E-state index is 0. The predicted molar refractivity (Wildman–Crippen MR) is 35.8 cm³/mol. The maximum Gasteiger partial charge on any atom is 1.00 e. The fourth-order valence-corrected chi connectivity index (χ4v) is 0.751. The molecule has 0 radical (unpaired) electrons. The number of aromatic nitrogens is 1. The number of nitrogens with one attached hydrogen (secondary N) is 1. The van der Waals surface area contributed by atoms with Crippen molar-refractivity contribution in [1.82, 2.24) is 4.98 Å². The van der Waals surface area contributed by atoms with Gasteiger partial charge in [0.1, 0.15) is 0 Å². The summed E-state index contributed by atoms with van der Waals surface area (Å²) in [4.78, 5) is 23.2. The molecule has 0 atom stereocenters. The average molecular weight is 175 g/mol. The summed E-state index contributed by atoms with van der Waals surface area (Å²) in [7, 11) is 0. The molecule has 1 heterocycles. The van der Waals surface area contributed by atoms with Crippen LogP contribution < -0.4 is 40.2 Å². The van der Waals surface area contributed by atoms with Gasteiger partial charge in [-0.3, -0.25) is 4.79 Å². The van der Waals surface area contributed by atoms with Crippen molar-refractivity contribution >= 4 is 5.97 Å². The van der Waals surface area contributed by atoms with Gasteiger partial charge in [-0.25, -0.2) is 0 Å². The van der Waals surface area contributed by atoms with Crippen molar-refractivity contribution in [2.45, 2.75) is 6.42 Å². The Hall–Kier alpha value is -0.580. The summed E-state index contributed by atoms with van der Waals surface area (Å²) in [6.07, 6.45) is 1.11. The van der Waals surface area contributed by atoms with Gasteiger partial charge in [0.2, 0.25) is 0 Å². The third-order valence-electron chi connectivity index (χ3n) is 1.23. The molecule has 58 valence electrons. The van der Waals surface area contributed by atoms with E-state index >= 15 is 0 Å². The number of aliphatic carboxylic acids is 1. The molecule has 0 saturated carbocycles. The molecule has 0 aliphatic rings. The first-order valence-corrected chi connectivity index (χ1v) is 3.06. The number of carboxylic acid groups (broad SMARTS) is 1. The van der Waals surface area contributed by atoms with Crippen LogP contribution in [0.1, 0.15) is 5.56 Å². The number of hydrogen-bond donors (Lipinski definition) is 1. The van der Waals surface area contributed by atoms with Crippen LogP contribution >= 0.6 is 0 Å². The van der Waals surface area contributed by atoms with Gasteiger partial charge in [-0.05, 0) is 6.07 Å². The van der Waals surface area contributed by atoms with E-state index in [0.717, 1.165) is 0 Å². The Kier molecular flexibility index (Phi) is 4.89.